The van der Waals surface area contributed by atoms with Crippen molar-refractivity contribution in [2.75, 3.05) is 0 Å². The van der Waals surface area contributed by atoms with Crippen molar-refractivity contribution in [1.82, 2.24) is 0 Å². The van der Waals surface area contributed by atoms with Crippen LogP contribution in [0, 0.1) is 40.9 Å². The van der Waals surface area contributed by atoms with Gasteiger partial charge in [-0.25, -0.2) is 0 Å². The molecule has 0 nitrogen and oxygen atoms in total. The molecular formula is C21H36. The molecule has 0 aromatic rings. The van der Waals surface area contributed by atoms with E-state index < -0.39 is 0 Å². The van der Waals surface area contributed by atoms with Gasteiger partial charge < -0.3 is 0 Å². The zero-order valence-corrected chi connectivity index (χ0v) is 15.1. The topological polar surface area (TPSA) is 0 Å². The molecule has 7 unspecified atom stereocenters. The molecular weight excluding hydrogens is 252 g/mol. The number of rotatable bonds is 0. The molecule has 5 rings (SSSR count). The van der Waals surface area contributed by atoms with Gasteiger partial charge in [0.15, 0.2) is 0 Å². The lowest BCUT2D eigenvalue weighted by atomic mass is 9.74. The normalized spacial score (nSPS) is 48.5. The lowest BCUT2D eigenvalue weighted by Gasteiger charge is -2.30. The molecule has 120 valence electrons. The van der Waals surface area contributed by atoms with Crippen LogP contribution < -0.4 is 0 Å². The van der Waals surface area contributed by atoms with Gasteiger partial charge in [0.25, 0.3) is 0 Å². The highest BCUT2D eigenvalue weighted by atomic mass is 14.7. The van der Waals surface area contributed by atoms with Crippen molar-refractivity contribution in [3.05, 3.63) is 24.3 Å². The van der Waals surface area contributed by atoms with Gasteiger partial charge in [0.2, 0.25) is 0 Å². The second kappa shape index (κ2) is 6.71. The van der Waals surface area contributed by atoms with E-state index in [9.17, 15) is 0 Å². The summed E-state index contributed by atoms with van der Waals surface area (Å²) in [6.45, 7) is 12.0. The standard InChI is InChI=1S/C15H18.3C2H6/c1-2-11-6-10(1)12-8-15-4-3-9(7-15)5-13(15)14(11)12;3*1-2/h1-4,9-14H,5-8H2;3*1-2H3. The minimum atomic E-state index is 0.697. The SMILES string of the molecule is C1=CC23CC1CC2C1C2C=CC(C2)C1C3.CC.CC.CC. The Bertz CT molecular complexity index is 391. The van der Waals surface area contributed by atoms with Crippen molar-refractivity contribution in [2.45, 2.75) is 67.2 Å². The van der Waals surface area contributed by atoms with Crippen LogP contribution in [0.25, 0.3) is 0 Å². The first-order valence-electron chi connectivity index (χ1n) is 9.73. The van der Waals surface area contributed by atoms with Crippen molar-refractivity contribution in [2.24, 2.45) is 40.9 Å². The Balaban J connectivity index is 0.000000244. The molecule has 5 aliphatic carbocycles. The van der Waals surface area contributed by atoms with Crippen molar-refractivity contribution < 1.29 is 0 Å². The van der Waals surface area contributed by atoms with Crippen molar-refractivity contribution in [1.29, 1.82) is 0 Å². The van der Waals surface area contributed by atoms with Crippen LogP contribution in [0.1, 0.15) is 67.2 Å². The van der Waals surface area contributed by atoms with E-state index in [2.05, 4.69) is 24.3 Å². The Hall–Kier alpha value is -0.520. The summed E-state index contributed by atoms with van der Waals surface area (Å²) < 4.78 is 0. The average Bonchev–Trinajstić information content (AvgIpc) is 3.34. The maximum absolute atomic E-state index is 2.63. The molecule has 4 bridgehead atoms. The van der Waals surface area contributed by atoms with Crippen molar-refractivity contribution in [3.8, 4) is 0 Å². The first-order valence-corrected chi connectivity index (χ1v) is 9.73. The molecule has 0 saturated heterocycles. The first-order chi connectivity index (χ1) is 10.4. The summed E-state index contributed by atoms with van der Waals surface area (Å²) in [6, 6.07) is 0. The van der Waals surface area contributed by atoms with Gasteiger partial charge in [0.05, 0.1) is 0 Å². The van der Waals surface area contributed by atoms with Gasteiger partial charge in [0.1, 0.15) is 0 Å². The molecule has 3 fully saturated rings. The fraction of sp³-hybridized carbons (Fsp3) is 0.810. The van der Waals surface area contributed by atoms with E-state index in [-0.39, 0.29) is 0 Å². The molecule has 0 radical (unpaired) electrons. The Kier molecular flexibility index (Phi) is 5.38. The van der Waals surface area contributed by atoms with Gasteiger partial charge in [-0.3, -0.25) is 0 Å². The lowest BCUT2D eigenvalue weighted by Crippen LogP contribution is -2.24. The summed E-state index contributed by atoms with van der Waals surface area (Å²) in [5, 5.41) is 0. The van der Waals surface area contributed by atoms with E-state index >= 15 is 0 Å². The van der Waals surface area contributed by atoms with Gasteiger partial charge >= 0.3 is 0 Å². The molecule has 21 heavy (non-hydrogen) atoms. The summed E-state index contributed by atoms with van der Waals surface area (Å²) in [5.41, 5.74) is 0.697. The van der Waals surface area contributed by atoms with Gasteiger partial charge in [-0.1, -0.05) is 65.8 Å². The summed E-state index contributed by atoms with van der Waals surface area (Å²) in [7, 11) is 0. The third-order valence-corrected chi connectivity index (χ3v) is 6.41. The molecule has 7 atom stereocenters. The number of hydrogen-bond acceptors (Lipinski definition) is 0. The largest absolute Gasteiger partial charge is 0.0848 e. The predicted octanol–water partition coefficient (Wildman–Crippen LogP) is 6.49. The van der Waals surface area contributed by atoms with Crippen LogP contribution in [-0.2, 0) is 0 Å². The van der Waals surface area contributed by atoms with E-state index in [0.29, 0.717) is 5.41 Å². The second-order valence-electron chi connectivity index (χ2n) is 6.79. The molecule has 5 aliphatic rings. The number of fused-ring (bicyclic) bond motifs is 7. The van der Waals surface area contributed by atoms with Crippen LogP contribution in [0.5, 0.6) is 0 Å². The maximum Gasteiger partial charge on any atom is -0.00782 e. The summed E-state index contributed by atoms with van der Waals surface area (Å²) in [5.74, 6) is 6.18. The molecule has 3 saturated carbocycles. The molecule has 0 heteroatoms. The lowest BCUT2D eigenvalue weighted by molar-refractivity contribution is 0.240. The van der Waals surface area contributed by atoms with E-state index in [1.54, 1.807) is 6.42 Å². The molecule has 0 aliphatic heterocycles. The molecule has 1 spiro atoms. The predicted molar refractivity (Wildman–Crippen MR) is 94.2 cm³/mol. The molecule has 0 heterocycles. The minimum absolute atomic E-state index is 0.697. The zero-order chi connectivity index (χ0) is 15.6. The van der Waals surface area contributed by atoms with Crippen LogP contribution in [-0.4, -0.2) is 0 Å². The highest BCUT2D eigenvalue weighted by Gasteiger charge is 2.64. The Morgan fingerprint density at radius 3 is 2.10 bits per heavy atom. The molecule has 0 aromatic heterocycles. The fourth-order valence-electron chi connectivity index (χ4n) is 6.08. The van der Waals surface area contributed by atoms with E-state index in [1.807, 2.05) is 41.5 Å². The fourth-order valence-corrected chi connectivity index (χ4v) is 6.08. The molecule has 0 aromatic carbocycles. The Morgan fingerprint density at radius 2 is 1.43 bits per heavy atom. The van der Waals surface area contributed by atoms with Crippen LogP contribution in [0.2, 0.25) is 0 Å². The maximum atomic E-state index is 2.63. The van der Waals surface area contributed by atoms with Crippen LogP contribution >= 0.6 is 0 Å². The zero-order valence-electron chi connectivity index (χ0n) is 15.1. The molecule has 0 N–H and O–H groups in total. The van der Waals surface area contributed by atoms with E-state index in [0.717, 1.165) is 35.5 Å². The Labute approximate surface area is 133 Å². The second-order valence-corrected chi connectivity index (χ2v) is 6.79. The molecule has 0 amide bonds. The van der Waals surface area contributed by atoms with Crippen LogP contribution in [0.15, 0.2) is 24.3 Å². The number of allylic oxidation sites excluding steroid dienone is 4. The average molecular weight is 289 g/mol. The van der Waals surface area contributed by atoms with E-state index in [4.69, 9.17) is 0 Å². The first kappa shape index (κ1) is 16.8. The van der Waals surface area contributed by atoms with Crippen molar-refractivity contribution >= 4 is 0 Å². The van der Waals surface area contributed by atoms with Crippen molar-refractivity contribution in [3.63, 3.8) is 0 Å². The highest BCUT2D eigenvalue weighted by Crippen LogP contribution is 2.71. The third kappa shape index (κ3) is 2.34. The van der Waals surface area contributed by atoms with Gasteiger partial charge in [-0.15, -0.1) is 0 Å². The third-order valence-electron chi connectivity index (χ3n) is 6.41. The smallest absolute Gasteiger partial charge is 0.00782 e. The summed E-state index contributed by atoms with van der Waals surface area (Å²) in [4.78, 5) is 0. The highest BCUT2D eigenvalue weighted by molar-refractivity contribution is 5.28. The van der Waals surface area contributed by atoms with Crippen LogP contribution in [0.3, 0.4) is 0 Å². The number of hydrogen-bond donors (Lipinski definition) is 0. The summed E-state index contributed by atoms with van der Waals surface area (Å²) in [6.07, 6.45) is 16.4. The summed E-state index contributed by atoms with van der Waals surface area (Å²) >= 11 is 0. The van der Waals surface area contributed by atoms with Crippen LogP contribution in [0.4, 0.5) is 0 Å². The monoisotopic (exact) mass is 288 g/mol. The quantitative estimate of drug-likeness (QED) is 0.447. The van der Waals surface area contributed by atoms with Gasteiger partial charge in [-0.2, -0.15) is 0 Å². The Morgan fingerprint density at radius 1 is 0.762 bits per heavy atom. The van der Waals surface area contributed by atoms with Gasteiger partial charge in [-0.05, 0) is 66.6 Å². The van der Waals surface area contributed by atoms with Gasteiger partial charge in [0, 0.05) is 0 Å². The van der Waals surface area contributed by atoms with E-state index in [1.165, 1.54) is 19.3 Å². The minimum Gasteiger partial charge on any atom is -0.0848 e.